The van der Waals surface area contributed by atoms with Crippen LogP contribution in [0.15, 0.2) is 42.0 Å². The number of aromatic hydroxyl groups is 1. The first-order valence-corrected chi connectivity index (χ1v) is 5.66. The topological polar surface area (TPSA) is 70.0 Å². The summed E-state index contributed by atoms with van der Waals surface area (Å²) in [5, 5.41) is 20.7. The average Bonchev–Trinajstić information content (AvgIpc) is 2.38. The molecule has 4 heteroatoms. The predicted octanol–water partition coefficient (Wildman–Crippen LogP) is 2.74. The third-order valence-electron chi connectivity index (χ3n) is 2.62. The largest absolute Gasteiger partial charge is 0.507 e. The minimum atomic E-state index is 0.0186. The van der Waals surface area contributed by atoms with Gasteiger partial charge in [0.25, 0.3) is 0 Å². The van der Waals surface area contributed by atoms with E-state index >= 15 is 0 Å². The van der Waals surface area contributed by atoms with Crippen LogP contribution < -0.4 is 5.73 Å². The predicted molar refractivity (Wildman–Crippen MR) is 76.0 cm³/mol. The maximum Gasteiger partial charge on any atom is 0.130 e. The number of rotatable bonds is 2. The van der Waals surface area contributed by atoms with E-state index in [1.54, 1.807) is 6.07 Å². The molecule has 0 amide bonds. The van der Waals surface area contributed by atoms with Gasteiger partial charge in [0.1, 0.15) is 16.8 Å². The van der Waals surface area contributed by atoms with Crippen molar-refractivity contribution in [2.75, 3.05) is 0 Å². The minimum Gasteiger partial charge on any atom is -0.507 e. The van der Waals surface area contributed by atoms with Crippen molar-refractivity contribution < 1.29 is 5.11 Å². The van der Waals surface area contributed by atoms with E-state index in [0.29, 0.717) is 5.56 Å². The maximum absolute atomic E-state index is 10.1. The molecule has 0 atom stereocenters. The highest BCUT2D eigenvalue weighted by Gasteiger charge is 2.06. The van der Waals surface area contributed by atoms with Crippen LogP contribution in [0.4, 0.5) is 0 Å². The molecule has 0 heterocycles. The van der Waals surface area contributed by atoms with Gasteiger partial charge < -0.3 is 10.8 Å². The van der Waals surface area contributed by atoms with E-state index in [0.717, 1.165) is 10.8 Å². The molecule has 0 aliphatic heterocycles. The van der Waals surface area contributed by atoms with Crippen LogP contribution in [0.25, 0.3) is 16.8 Å². The normalized spacial score (nSPS) is 11.2. The highest BCUT2D eigenvalue weighted by molar-refractivity contribution is 7.80. The zero-order valence-corrected chi connectivity index (χ0v) is 10.2. The summed E-state index contributed by atoms with van der Waals surface area (Å²) in [5.74, 6) is 0.122. The first kappa shape index (κ1) is 12.1. The van der Waals surface area contributed by atoms with Crippen molar-refractivity contribution in [2.45, 2.75) is 0 Å². The Balaban J connectivity index is 2.64. The minimum absolute atomic E-state index is 0.0186. The van der Waals surface area contributed by atoms with Crippen molar-refractivity contribution in [3.63, 3.8) is 0 Å². The fourth-order valence-corrected chi connectivity index (χ4v) is 1.81. The van der Waals surface area contributed by atoms with E-state index in [1.165, 1.54) is 6.08 Å². The van der Waals surface area contributed by atoms with Gasteiger partial charge in [0, 0.05) is 10.9 Å². The van der Waals surface area contributed by atoms with Gasteiger partial charge in [-0.3, -0.25) is 0 Å². The first-order chi connectivity index (χ1) is 8.63. The Morgan fingerprint density at radius 2 is 2.00 bits per heavy atom. The molecule has 18 heavy (non-hydrogen) atoms. The van der Waals surface area contributed by atoms with Gasteiger partial charge in [0.05, 0.1) is 5.57 Å². The van der Waals surface area contributed by atoms with E-state index in [9.17, 15) is 5.11 Å². The smallest absolute Gasteiger partial charge is 0.130 e. The van der Waals surface area contributed by atoms with Gasteiger partial charge in [0.15, 0.2) is 0 Å². The zero-order chi connectivity index (χ0) is 13.1. The van der Waals surface area contributed by atoms with Crippen LogP contribution in [0, 0.1) is 11.3 Å². The Hall–Kier alpha value is -2.38. The Kier molecular flexibility index (Phi) is 3.26. The number of hydrogen-bond donors (Lipinski definition) is 2. The van der Waals surface area contributed by atoms with Crippen LogP contribution in [-0.2, 0) is 0 Å². The van der Waals surface area contributed by atoms with E-state index in [2.05, 4.69) is 0 Å². The van der Waals surface area contributed by atoms with Gasteiger partial charge in [-0.25, -0.2) is 0 Å². The molecule has 0 bridgehead atoms. The van der Waals surface area contributed by atoms with Crippen molar-refractivity contribution >= 4 is 34.1 Å². The summed E-state index contributed by atoms with van der Waals surface area (Å²) < 4.78 is 0. The Bertz CT molecular complexity index is 698. The van der Waals surface area contributed by atoms with Crippen LogP contribution in [-0.4, -0.2) is 10.1 Å². The van der Waals surface area contributed by atoms with Crippen LogP contribution in [0.3, 0.4) is 0 Å². The van der Waals surface area contributed by atoms with E-state index in [-0.39, 0.29) is 16.3 Å². The fraction of sp³-hybridized carbons (Fsp3) is 0. The molecule has 2 rings (SSSR count). The second kappa shape index (κ2) is 4.86. The molecule has 3 N–H and O–H groups in total. The quantitative estimate of drug-likeness (QED) is 0.491. The monoisotopic (exact) mass is 254 g/mol. The summed E-state index contributed by atoms with van der Waals surface area (Å²) in [5.41, 5.74) is 6.12. The molecule has 0 aromatic heterocycles. The maximum atomic E-state index is 10.1. The third-order valence-corrected chi connectivity index (χ3v) is 2.84. The van der Waals surface area contributed by atoms with Crippen molar-refractivity contribution in [3.05, 3.63) is 47.5 Å². The molecule has 2 aromatic rings. The van der Waals surface area contributed by atoms with E-state index in [4.69, 9.17) is 23.2 Å². The molecule has 0 fully saturated rings. The number of thiocarbonyl (C=S) groups is 1. The van der Waals surface area contributed by atoms with Gasteiger partial charge in [-0.15, -0.1) is 0 Å². The number of nitriles is 1. The Morgan fingerprint density at radius 1 is 1.28 bits per heavy atom. The summed E-state index contributed by atoms with van der Waals surface area (Å²) in [6.07, 6.45) is 1.49. The lowest BCUT2D eigenvalue weighted by molar-refractivity contribution is 0.480. The molecule has 0 unspecified atom stereocenters. The molecule has 88 valence electrons. The van der Waals surface area contributed by atoms with E-state index < -0.39 is 0 Å². The summed E-state index contributed by atoms with van der Waals surface area (Å²) in [6.45, 7) is 0. The molecular formula is C14H10N2OS. The van der Waals surface area contributed by atoms with Gasteiger partial charge in [-0.05, 0) is 11.5 Å². The van der Waals surface area contributed by atoms with Gasteiger partial charge >= 0.3 is 0 Å². The molecule has 0 spiro atoms. The first-order valence-electron chi connectivity index (χ1n) is 5.26. The Labute approximate surface area is 110 Å². The number of fused-ring (bicyclic) bond motifs is 1. The van der Waals surface area contributed by atoms with Crippen LogP contribution >= 0.6 is 12.2 Å². The van der Waals surface area contributed by atoms with E-state index in [1.807, 2.05) is 36.4 Å². The SMILES string of the molecule is N#C/C(=C/c1ccc2ccccc2c1O)C(N)=S. The summed E-state index contributed by atoms with van der Waals surface area (Å²) in [7, 11) is 0. The number of nitrogens with zero attached hydrogens (tertiary/aromatic N) is 1. The van der Waals surface area contributed by atoms with Crippen molar-refractivity contribution in [1.82, 2.24) is 0 Å². The van der Waals surface area contributed by atoms with Gasteiger partial charge in [0.2, 0.25) is 0 Å². The number of nitrogens with two attached hydrogens (primary N) is 1. The molecule has 0 radical (unpaired) electrons. The lowest BCUT2D eigenvalue weighted by Gasteiger charge is -2.05. The highest BCUT2D eigenvalue weighted by Crippen LogP contribution is 2.29. The second-order valence-corrected chi connectivity index (χ2v) is 4.20. The zero-order valence-electron chi connectivity index (χ0n) is 9.42. The number of phenols is 1. The highest BCUT2D eigenvalue weighted by atomic mass is 32.1. The van der Waals surface area contributed by atoms with Crippen molar-refractivity contribution in [1.29, 1.82) is 5.26 Å². The Morgan fingerprint density at radius 3 is 2.67 bits per heavy atom. The van der Waals surface area contributed by atoms with Gasteiger partial charge in [-0.1, -0.05) is 48.6 Å². The number of phenolic OH excluding ortho intramolecular Hbond substituents is 1. The van der Waals surface area contributed by atoms with Crippen molar-refractivity contribution in [3.8, 4) is 11.8 Å². The molecule has 0 saturated heterocycles. The summed E-state index contributed by atoms with van der Waals surface area (Å²) in [6, 6.07) is 13.0. The standard InChI is InChI=1S/C14H10N2OS/c15-8-11(14(16)18)7-10-6-5-9-3-1-2-4-12(9)13(10)17/h1-7,17H,(H2,16,18)/b11-7-. The molecule has 3 nitrogen and oxygen atoms in total. The molecule has 2 aromatic carbocycles. The summed E-state index contributed by atoms with van der Waals surface area (Å²) >= 11 is 4.76. The molecule has 0 aliphatic carbocycles. The second-order valence-electron chi connectivity index (χ2n) is 3.76. The summed E-state index contributed by atoms with van der Waals surface area (Å²) in [4.78, 5) is 0.0186. The lowest BCUT2D eigenvalue weighted by atomic mass is 10.0. The molecule has 0 saturated carbocycles. The van der Waals surface area contributed by atoms with Crippen molar-refractivity contribution in [2.24, 2.45) is 5.73 Å². The van der Waals surface area contributed by atoms with Crippen LogP contribution in [0.1, 0.15) is 5.56 Å². The number of hydrogen-bond acceptors (Lipinski definition) is 3. The molecular weight excluding hydrogens is 244 g/mol. The average molecular weight is 254 g/mol. The third kappa shape index (κ3) is 2.17. The molecule has 0 aliphatic rings. The van der Waals surface area contributed by atoms with Crippen LogP contribution in [0.5, 0.6) is 5.75 Å². The van der Waals surface area contributed by atoms with Gasteiger partial charge in [-0.2, -0.15) is 5.26 Å². The number of benzene rings is 2. The lowest BCUT2D eigenvalue weighted by Crippen LogP contribution is -2.09. The van der Waals surface area contributed by atoms with Crippen LogP contribution in [0.2, 0.25) is 0 Å². The fourth-order valence-electron chi connectivity index (χ4n) is 1.70.